The largest absolute Gasteiger partial charge is 0.464 e. The van der Waals surface area contributed by atoms with Crippen molar-refractivity contribution >= 4 is 33.5 Å². The predicted molar refractivity (Wildman–Crippen MR) is 89.8 cm³/mol. The molecule has 5 heteroatoms. The van der Waals surface area contributed by atoms with Crippen molar-refractivity contribution in [2.45, 2.75) is 46.1 Å². The van der Waals surface area contributed by atoms with Gasteiger partial charge < -0.3 is 4.74 Å². The molecule has 0 aliphatic carbocycles. The number of anilines is 1. The number of hydrogen-bond donors (Lipinski definition) is 0. The number of carbonyl (C=O) groups excluding carboxylic acids is 2. The molecule has 120 valence electrons. The molecule has 1 unspecified atom stereocenters. The van der Waals surface area contributed by atoms with Gasteiger partial charge in [-0.2, -0.15) is 0 Å². The van der Waals surface area contributed by atoms with Gasteiger partial charge in [-0.1, -0.05) is 29.8 Å². The second kappa shape index (κ2) is 7.27. The van der Waals surface area contributed by atoms with E-state index in [9.17, 15) is 9.59 Å². The van der Waals surface area contributed by atoms with Gasteiger partial charge in [-0.25, -0.2) is 4.79 Å². The van der Waals surface area contributed by atoms with Gasteiger partial charge in [0.2, 0.25) is 5.91 Å². The molecule has 0 N–H and O–H groups in total. The van der Waals surface area contributed by atoms with Crippen molar-refractivity contribution in [3.63, 3.8) is 0 Å². The summed E-state index contributed by atoms with van der Waals surface area (Å²) in [5.41, 5.74) is 1.89. The van der Waals surface area contributed by atoms with Gasteiger partial charge in [0.1, 0.15) is 6.04 Å². The quantitative estimate of drug-likeness (QED) is 0.745. The average Bonchev–Trinajstić information content (AvgIpc) is 2.46. The molecular weight excluding hydrogens is 346 g/mol. The zero-order valence-corrected chi connectivity index (χ0v) is 14.9. The van der Waals surface area contributed by atoms with Crippen molar-refractivity contribution in [2.75, 3.05) is 11.5 Å². The number of ether oxygens (including phenoxy) is 1. The van der Waals surface area contributed by atoms with Crippen molar-refractivity contribution in [1.82, 2.24) is 0 Å². The highest BCUT2D eigenvalue weighted by Gasteiger charge is 2.32. The minimum absolute atomic E-state index is 0.0249. The van der Waals surface area contributed by atoms with Gasteiger partial charge in [-0.15, -0.1) is 0 Å². The lowest BCUT2D eigenvalue weighted by Gasteiger charge is -2.33. The molecule has 0 saturated carbocycles. The Balaban J connectivity index is 2.13. The van der Waals surface area contributed by atoms with E-state index in [4.69, 9.17) is 4.74 Å². The average molecular weight is 368 g/mol. The Labute approximate surface area is 140 Å². The first kappa shape index (κ1) is 17.0. The van der Waals surface area contributed by atoms with Crippen LogP contribution in [0.2, 0.25) is 0 Å². The molecule has 0 radical (unpaired) electrons. The molecule has 2 rings (SSSR count). The van der Waals surface area contributed by atoms with Crippen LogP contribution >= 0.6 is 15.9 Å². The van der Waals surface area contributed by atoms with Crippen LogP contribution in [0.1, 0.15) is 39.2 Å². The number of benzene rings is 1. The highest BCUT2D eigenvalue weighted by molar-refractivity contribution is 9.10. The summed E-state index contributed by atoms with van der Waals surface area (Å²) in [4.78, 5) is 26.1. The van der Waals surface area contributed by atoms with Gasteiger partial charge in [0.25, 0.3) is 0 Å². The second-order valence-corrected chi connectivity index (χ2v) is 6.98. The third-order valence-electron chi connectivity index (χ3n) is 3.85. The molecule has 1 aliphatic rings. The molecule has 1 aromatic rings. The molecule has 1 heterocycles. The van der Waals surface area contributed by atoms with Gasteiger partial charge in [0, 0.05) is 16.6 Å². The van der Waals surface area contributed by atoms with E-state index in [0.717, 1.165) is 22.1 Å². The Kier molecular flexibility index (Phi) is 5.62. The van der Waals surface area contributed by atoms with E-state index >= 15 is 0 Å². The van der Waals surface area contributed by atoms with Crippen molar-refractivity contribution in [2.24, 2.45) is 5.92 Å². The summed E-state index contributed by atoms with van der Waals surface area (Å²) in [5, 5.41) is 0. The van der Waals surface area contributed by atoms with Gasteiger partial charge in [-0.05, 0) is 49.4 Å². The third kappa shape index (κ3) is 3.88. The summed E-state index contributed by atoms with van der Waals surface area (Å²) in [6, 6.07) is 5.18. The van der Waals surface area contributed by atoms with Crippen molar-refractivity contribution in [1.29, 1.82) is 0 Å². The minimum Gasteiger partial charge on any atom is -0.464 e. The van der Waals surface area contributed by atoms with E-state index in [1.165, 1.54) is 0 Å². The molecule has 1 aromatic carbocycles. The Morgan fingerprint density at radius 3 is 2.73 bits per heavy atom. The highest BCUT2D eigenvalue weighted by atomic mass is 79.9. The second-order valence-electron chi connectivity index (χ2n) is 6.06. The number of nitrogens with zero attached hydrogens (tertiary/aromatic N) is 1. The van der Waals surface area contributed by atoms with E-state index in [1.807, 2.05) is 18.2 Å². The van der Waals surface area contributed by atoms with Crippen molar-refractivity contribution in [3.05, 3.63) is 28.2 Å². The van der Waals surface area contributed by atoms with E-state index in [0.29, 0.717) is 25.4 Å². The summed E-state index contributed by atoms with van der Waals surface area (Å²) < 4.78 is 6.29. The van der Waals surface area contributed by atoms with Gasteiger partial charge >= 0.3 is 5.97 Å². The fourth-order valence-electron chi connectivity index (χ4n) is 2.53. The smallest absolute Gasteiger partial charge is 0.328 e. The fourth-order valence-corrected chi connectivity index (χ4v) is 2.94. The van der Waals surface area contributed by atoms with E-state index in [2.05, 4.69) is 29.8 Å². The molecule has 0 saturated heterocycles. The monoisotopic (exact) mass is 367 g/mol. The topological polar surface area (TPSA) is 46.6 Å². The highest BCUT2D eigenvalue weighted by Crippen LogP contribution is 2.32. The van der Waals surface area contributed by atoms with E-state index < -0.39 is 6.04 Å². The van der Waals surface area contributed by atoms with Gasteiger partial charge in [0.15, 0.2) is 0 Å². The van der Waals surface area contributed by atoms with E-state index in [-0.39, 0.29) is 11.9 Å². The molecule has 0 aromatic heterocycles. The number of hydrogen-bond acceptors (Lipinski definition) is 3. The van der Waals surface area contributed by atoms with Crippen LogP contribution < -0.4 is 4.90 Å². The predicted octanol–water partition coefficient (Wildman–Crippen LogP) is 3.71. The van der Waals surface area contributed by atoms with Crippen LogP contribution in [-0.2, 0) is 20.7 Å². The maximum absolute atomic E-state index is 12.3. The lowest BCUT2D eigenvalue weighted by Crippen LogP contribution is -2.46. The molecule has 0 bridgehead atoms. The summed E-state index contributed by atoms with van der Waals surface area (Å²) >= 11 is 3.44. The van der Waals surface area contributed by atoms with Crippen LogP contribution in [0.25, 0.3) is 0 Å². The Morgan fingerprint density at radius 2 is 2.05 bits per heavy atom. The van der Waals surface area contributed by atoms with Crippen LogP contribution in [0.15, 0.2) is 22.7 Å². The van der Waals surface area contributed by atoms with Crippen LogP contribution in [0, 0.1) is 5.92 Å². The lowest BCUT2D eigenvalue weighted by molar-refractivity contribution is -0.146. The summed E-state index contributed by atoms with van der Waals surface area (Å²) in [5.74, 6) is 0.116. The Hall–Kier alpha value is -1.36. The van der Waals surface area contributed by atoms with Gasteiger partial charge in [0.05, 0.1) is 6.61 Å². The first-order valence-corrected chi connectivity index (χ1v) is 8.46. The van der Waals surface area contributed by atoms with Crippen LogP contribution in [-0.4, -0.2) is 24.5 Å². The third-order valence-corrected chi connectivity index (χ3v) is 4.34. The first-order chi connectivity index (χ1) is 10.4. The minimum atomic E-state index is -0.597. The molecule has 22 heavy (non-hydrogen) atoms. The Bertz CT molecular complexity index is 571. The standard InChI is InChI=1S/C17H22BrNO3/c1-11(2)8-9-22-17(21)12(3)19-15-6-5-14(18)10-13(15)4-7-16(19)20/h5-6,10-12H,4,7-9H2,1-3H3. The maximum Gasteiger partial charge on any atom is 0.328 e. The zero-order chi connectivity index (χ0) is 16.3. The number of carbonyl (C=O) groups is 2. The zero-order valence-electron chi connectivity index (χ0n) is 13.3. The number of halogens is 1. The number of fused-ring (bicyclic) bond motifs is 1. The van der Waals surface area contributed by atoms with Crippen molar-refractivity contribution in [3.8, 4) is 0 Å². The van der Waals surface area contributed by atoms with Gasteiger partial charge in [-0.3, -0.25) is 9.69 Å². The molecule has 1 atom stereocenters. The summed E-state index contributed by atoms with van der Waals surface area (Å²) in [6.45, 7) is 6.29. The number of amides is 1. The summed E-state index contributed by atoms with van der Waals surface area (Å²) in [7, 11) is 0. The summed E-state index contributed by atoms with van der Waals surface area (Å²) in [6.07, 6.45) is 1.96. The number of rotatable bonds is 5. The van der Waals surface area contributed by atoms with Crippen LogP contribution in [0.4, 0.5) is 5.69 Å². The SMILES string of the molecule is CC(C)CCOC(=O)C(C)N1C(=O)CCc2cc(Br)ccc21. The molecular formula is C17H22BrNO3. The van der Waals surface area contributed by atoms with Crippen molar-refractivity contribution < 1.29 is 14.3 Å². The lowest BCUT2D eigenvalue weighted by atomic mass is 9.99. The number of aryl methyl sites for hydroxylation is 1. The van der Waals surface area contributed by atoms with E-state index in [1.54, 1.807) is 11.8 Å². The molecule has 0 spiro atoms. The Morgan fingerprint density at radius 1 is 1.32 bits per heavy atom. The number of esters is 1. The van der Waals surface area contributed by atoms with Crippen LogP contribution in [0.5, 0.6) is 0 Å². The molecule has 1 aliphatic heterocycles. The molecule has 0 fully saturated rings. The fraction of sp³-hybridized carbons (Fsp3) is 0.529. The maximum atomic E-state index is 12.3. The van der Waals surface area contributed by atoms with Crippen LogP contribution in [0.3, 0.4) is 0 Å². The molecule has 1 amide bonds. The normalized spacial score (nSPS) is 15.7. The molecule has 4 nitrogen and oxygen atoms in total. The first-order valence-electron chi connectivity index (χ1n) is 7.67.